The highest BCUT2D eigenvalue weighted by molar-refractivity contribution is 5.65. The van der Waals surface area contributed by atoms with Crippen LogP contribution in [0.2, 0.25) is 0 Å². The molecule has 2 aromatic rings. The number of hydrogen-bond donors (Lipinski definition) is 1. The number of nitrogens with zero attached hydrogens (tertiary/aromatic N) is 1. The van der Waals surface area contributed by atoms with Crippen molar-refractivity contribution < 1.29 is 18.8 Å². The summed E-state index contributed by atoms with van der Waals surface area (Å²) in [7, 11) is 1.31. The van der Waals surface area contributed by atoms with E-state index in [1.54, 1.807) is 0 Å². The van der Waals surface area contributed by atoms with Gasteiger partial charge in [0.15, 0.2) is 11.6 Å². The quantitative estimate of drug-likeness (QED) is 0.603. The van der Waals surface area contributed by atoms with Gasteiger partial charge in [-0.15, -0.1) is 0 Å². The fraction of sp³-hybridized carbons (Fsp3) is 0.294. The number of nitro benzene ring substituents is 1. The van der Waals surface area contributed by atoms with Gasteiger partial charge in [-0.05, 0) is 31.5 Å². The summed E-state index contributed by atoms with van der Waals surface area (Å²) in [6.45, 7) is 4.34. The predicted octanol–water partition coefficient (Wildman–Crippen LogP) is 4.31. The van der Waals surface area contributed by atoms with E-state index in [9.17, 15) is 14.5 Å². The average Bonchev–Trinajstić information content (AvgIpc) is 2.56. The number of methoxy groups -OCH3 is 1. The minimum absolute atomic E-state index is 0.0537. The van der Waals surface area contributed by atoms with Crippen LogP contribution in [0.1, 0.15) is 25.5 Å². The third-order valence-electron chi connectivity index (χ3n) is 3.53. The van der Waals surface area contributed by atoms with E-state index in [1.165, 1.54) is 13.2 Å². The number of benzene rings is 2. The van der Waals surface area contributed by atoms with Gasteiger partial charge in [-0.1, -0.05) is 12.1 Å². The highest BCUT2D eigenvalue weighted by Gasteiger charge is 2.20. The summed E-state index contributed by atoms with van der Waals surface area (Å²) in [5.74, 6) is -0.0756. The molecule has 0 aliphatic heterocycles. The minimum atomic E-state index is -0.775. The molecule has 1 atom stereocenters. The maximum absolute atomic E-state index is 13.7. The third-order valence-corrected chi connectivity index (χ3v) is 3.53. The largest absolute Gasteiger partial charge is 0.494 e. The first-order chi connectivity index (χ1) is 11.5. The van der Waals surface area contributed by atoms with Crippen LogP contribution in [-0.4, -0.2) is 18.6 Å². The van der Waals surface area contributed by atoms with E-state index in [4.69, 9.17) is 9.47 Å². The summed E-state index contributed by atoms with van der Waals surface area (Å²) in [4.78, 5) is 10.5. The van der Waals surface area contributed by atoms with E-state index < -0.39 is 10.7 Å². The van der Waals surface area contributed by atoms with Crippen LogP contribution < -0.4 is 14.8 Å². The summed E-state index contributed by atoms with van der Waals surface area (Å²) < 4.78 is 24.0. The van der Waals surface area contributed by atoms with Crippen molar-refractivity contribution in [1.82, 2.24) is 0 Å². The van der Waals surface area contributed by atoms with Gasteiger partial charge in [-0.3, -0.25) is 10.1 Å². The van der Waals surface area contributed by atoms with Crippen molar-refractivity contribution >= 4 is 11.4 Å². The maximum atomic E-state index is 13.7. The van der Waals surface area contributed by atoms with Crippen molar-refractivity contribution in [2.24, 2.45) is 0 Å². The third kappa shape index (κ3) is 3.92. The van der Waals surface area contributed by atoms with Crippen LogP contribution in [-0.2, 0) is 0 Å². The first-order valence-electron chi connectivity index (χ1n) is 7.47. The van der Waals surface area contributed by atoms with Crippen LogP contribution in [0, 0.1) is 15.9 Å². The van der Waals surface area contributed by atoms with Gasteiger partial charge in [-0.25, -0.2) is 4.39 Å². The first-order valence-corrected chi connectivity index (χ1v) is 7.47. The monoisotopic (exact) mass is 334 g/mol. The molecule has 0 amide bonds. The van der Waals surface area contributed by atoms with E-state index in [0.29, 0.717) is 6.61 Å². The van der Waals surface area contributed by atoms with E-state index in [1.807, 2.05) is 38.1 Å². The second-order valence-corrected chi connectivity index (χ2v) is 5.13. The highest BCUT2D eigenvalue weighted by atomic mass is 19.1. The predicted molar refractivity (Wildman–Crippen MR) is 89.3 cm³/mol. The number of rotatable bonds is 7. The maximum Gasteiger partial charge on any atom is 0.295 e. The Kier molecular flexibility index (Phi) is 5.57. The Morgan fingerprint density at radius 2 is 1.96 bits per heavy atom. The van der Waals surface area contributed by atoms with E-state index in [0.717, 1.165) is 17.4 Å². The molecule has 1 unspecified atom stereocenters. The van der Waals surface area contributed by atoms with Gasteiger partial charge in [0.2, 0.25) is 0 Å². The normalized spacial score (nSPS) is 11.7. The second-order valence-electron chi connectivity index (χ2n) is 5.13. The van der Waals surface area contributed by atoms with Crippen LogP contribution in [0.25, 0.3) is 0 Å². The van der Waals surface area contributed by atoms with Gasteiger partial charge >= 0.3 is 0 Å². The van der Waals surface area contributed by atoms with Crippen LogP contribution in [0.3, 0.4) is 0 Å². The van der Waals surface area contributed by atoms with Crippen molar-refractivity contribution in [2.45, 2.75) is 19.9 Å². The highest BCUT2D eigenvalue weighted by Crippen LogP contribution is 2.34. The molecule has 0 heterocycles. The van der Waals surface area contributed by atoms with Crippen LogP contribution >= 0.6 is 0 Å². The summed E-state index contributed by atoms with van der Waals surface area (Å²) in [5, 5.41) is 14.2. The fourth-order valence-corrected chi connectivity index (χ4v) is 2.30. The molecular formula is C17H19FN2O4. The molecule has 1 N–H and O–H groups in total. The molecule has 0 bridgehead atoms. The van der Waals surface area contributed by atoms with Gasteiger partial charge in [0.05, 0.1) is 24.7 Å². The van der Waals surface area contributed by atoms with Crippen molar-refractivity contribution in [1.29, 1.82) is 0 Å². The van der Waals surface area contributed by atoms with Crippen LogP contribution in [0.4, 0.5) is 15.8 Å². The Morgan fingerprint density at radius 3 is 2.50 bits per heavy atom. The molecule has 0 aliphatic rings. The molecule has 0 aliphatic carbocycles. The summed E-state index contributed by atoms with van der Waals surface area (Å²) in [6.07, 6.45) is 0. The second kappa shape index (κ2) is 7.63. The summed E-state index contributed by atoms with van der Waals surface area (Å²) in [6, 6.07) is 9.32. The molecular weight excluding hydrogens is 315 g/mol. The Bertz CT molecular complexity index is 719. The summed E-state index contributed by atoms with van der Waals surface area (Å²) >= 11 is 0. The molecule has 2 rings (SSSR count). The van der Waals surface area contributed by atoms with Crippen LogP contribution in [0.5, 0.6) is 11.5 Å². The lowest BCUT2D eigenvalue weighted by Gasteiger charge is -2.17. The van der Waals surface area contributed by atoms with Gasteiger partial charge in [0, 0.05) is 12.1 Å². The molecule has 128 valence electrons. The standard InChI is InChI=1S/C17H19FN2O4/c1-4-24-13-7-5-12(6-8-13)11(2)19-15-10-17(23-3)14(18)9-16(15)20(21)22/h5-11,19H,4H2,1-3H3. The Hall–Kier alpha value is -2.83. The van der Waals surface area contributed by atoms with E-state index in [2.05, 4.69) is 5.32 Å². The van der Waals surface area contributed by atoms with Crippen molar-refractivity contribution in [3.05, 3.63) is 57.9 Å². The van der Waals surface area contributed by atoms with E-state index in [-0.39, 0.29) is 23.2 Å². The first kappa shape index (κ1) is 17.5. The van der Waals surface area contributed by atoms with E-state index >= 15 is 0 Å². The van der Waals surface area contributed by atoms with Crippen LogP contribution in [0.15, 0.2) is 36.4 Å². The number of halogens is 1. The number of anilines is 1. The van der Waals surface area contributed by atoms with Crippen molar-refractivity contribution in [3.63, 3.8) is 0 Å². The SMILES string of the molecule is CCOc1ccc(C(C)Nc2cc(OC)c(F)cc2[N+](=O)[O-])cc1. The van der Waals surface area contributed by atoms with Gasteiger partial charge in [0.25, 0.3) is 5.69 Å². The zero-order valence-electron chi connectivity index (χ0n) is 13.7. The number of nitrogens with one attached hydrogen (secondary N) is 1. The minimum Gasteiger partial charge on any atom is -0.494 e. The molecule has 0 fully saturated rings. The number of hydrogen-bond acceptors (Lipinski definition) is 5. The molecule has 0 saturated carbocycles. The lowest BCUT2D eigenvalue weighted by atomic mass is 10.1. The number of nitro groups is 1. The van der Waals surface area contributed by atoms with Crippen molar-refractivity contribution in [2.75, 3.05) is 19.0 Å². The van der Waals surface area contributed by atoms with Gasteiger partial charge in [0.1, 0.15) is 11.4 Å². The van der Waals surface area contributed by atoms with Gasteiger partial charge < -0.3 is 14.8 Å². The molecule has 0 aromatic heterocycles. The number of ether oxygens (including phenoxy) is 2. The molecule has 2 aromatic carbocycles. The van der Waals surface area contributed by atoms with Crippen molar-refractivity contribution in [3.8, 4) is 11.5 Å². The zero-order chi connectivity index (χ0) is 17.7. The molecule has 6 nitrogen and oxygen atoms in total. The topological polar surface area (TPSA) is 73.6 Å². The molecule has 0 saturated heterocycles. The van der Waals surface area contributed by atoms with Gasteiger partial charge in [-0.2, -0.15) is 0 Å². The lowest BCUT2D eigenvalue weighted by Crippen LogP contribution is -2.09. The zero-order valence-corrected chi connectivity index (χ0v) is 13.7. The average molecular weight is 334 g/mol. The Morgan fingerprint density at radius 1 is 1.29 bits per heavy atom. The smallest absolute Gasteiger partial charge is 0.295 e. The Balaban J connectivity index is 2.27. The molecule has 0 spiro atoms. The molecule has 7 heteroatoms. The lowest BCUT2D eigenvalue weighted by molar-refractivity contribution is -0.384. The Labute approximate surface area is 139 Å². The summed E-state index contributed by atoms with van der Waals surface area (Å²) in [5.41, 5.74) is 0.766. The fourth-order valence-electron chi connectivity index (χ4n) is 2.30. The molecule has 24 heavy (non-hydrogen) atoms. The molecule has 0 radical (unpaired) electrons.